The summed E-state index contributed by atoms with van der Waals surface area (Å²) in [5.41, 5.74) is 34.1. The van der Waals surface area contributed by atoms with Crippen LogP contribution < -0.4 is 32.1 Å². The summed E-state index contributed by atoms with van der Waals surface area (Å²) >= 11 is 0. The van der Waals surface area contributed by atoms with E-state index in [1.165, 1.54) is 21.5 Å². The summed E-state index contributed by atoms with van der Waals surface area (Å²) in [6, 6.07) is 45.0. The van der Waals surface area contributed by atoms with Crippen LogP contribution in [-0.2, 0) is 27.6 Å². The molecular formula is C40H36N6S. The molecule has 232 valence electrons. The molecule has 47 heavy (non-hydrogen) atoms. The molecule has 6 aromatic carbocycles. The maximum absolute atomic E-state index is 6.06. The van der Waals surface area contributed by atoms with Crippen molar-refractivity contribution in [3.8, 4) is 22.5 Å². The minimum atomic E-state index is 0. The Balaban J connectivity index is 0.000000161. The Kier molecular flexibility index (Phi) is 8.33. The van der Waals surface area contributed by atoms with E-state index in [4.69, 9.17) is 22.9 Å². The van der Waals surface area contributed by atoms with E-state index < -0.39 is 0 Å². The maximum atomic E-state index is 6.06. The molecule has 8 rings (SSSR count). The highest BCUT2D eigenvalue weighted by Crippen LogP contribution is 2.34. The molecular weight excluding hydrogens is 597 g/mol. The maximum Gasteiger partial charge on any atom is 0.220 e. The minimum absolute atomic E-state index is 0. The van der Waals surface area contributed by atoms with Crippen LogP contribution in [0.3, 0.4) is 0 Å². The summed E-state index contributed by atoms with van der Waals surface area (Å²) in [4.78, 5) is 0. The molecule has 0 unspecified atom stereocenters. The first-order chi connectivity index (χ1) is 22.3. The lowest BCUT2D eigenvalue weighted by atomic mass is 9.98. The van der Waals surface area contributed by atoms with Gasteiger partial charge in [-0.15, -0.1) is 0 Å². The summed E-state index contributed by atoms with van der Waals surface area (Å²) in [6.45, 7) is 0. The third-order valence-corrected chi connectivity index (χ3v) is 8.71. The third-order valence-electron chi connectivity index (χ3n) is 8.71. The van der Waals surface area contributed by atoms with Crippen molar-refractivity contribution in [3.05, 3.63) is 133 Å². The van der Waals surface area contributed by atoms with Crippen LogP contribution >= 0.6 is 0 Å². The second kappa shape index (κ2) is 12.5. The Bertz CT molecular complexity index is 2250. The number of hydrogen-bond donors (Lipinski definition) is 4. The molecule has 6 nitrogen and oxygen atoms in total. The zero-order chi connectivity index (χ0) is 31.9. The van der Waals surface area contributed by atoms with Crippen LogP contribution in [0.4, 0.5) is 22.7 Å². The molecule has 0 radical (unpaired) electrons. The van der Waals surface area contributed by atoms with Crippen LogP contribution in [0.2, 0.25) is 0 Å². The van der Waals surface area contributed by atoms with Gasteiger partial charge in [0.15, 0.2) is 0 Å². The Hall–Kier alpha value is -5.79. The van der Waals surface area contributed by atoms with E-state index in [2.05, 4.69) is 96.0 Å². The molecule has 0 fully saturated rings. The number of aryl methyl sites for hydroxylation is 2. The predicted molar refractivity (Wildman–Crippen MR) is 201 cm³/mol. The first-order valence-corrected chi connectivity index (χ1v) is 15.2. The number of nitrogen functional groups attached to an aromatic ring is 4. The van der Waals surface area contributed by atoms with Gasteiger partial charge in [0.1, 0.15) is 14.1 Å². The largest absolute Gasteiger partial charge is 2.00 e. The lowest BCUT2D eigenvalue weighted by molar-refractivity contribution is -0.632. The molecule has 0 bridgehead atoms. The van der Waals surface area contributed by atoms with Gasteiger partial charge in [0.2, 0.25) is 22.4 Å². The Labute approximate surface area is 280 Å². The fraction of sp³-hybridized carbons (Fsp3) is 0.0500. The Morgan fingerprint density at radius 2 is 0.681 bits per heavy atom. The number of hydrogen-bond acceptors (Lipinski definition) is 4. The third kappa shape index (κ3) is 5.62. The van der Waals surface area contributed by atoms with Gasteiger partial charge in [-0.2, -0.15) is 9.13 Å². The van der Waals surface area contributed by atoms with Crippen molar-refractivity contribution in [2.45, 2.75) is 0 Å². The van der Waals surface area contributed by atoms with Gasteiger partial charge in [0, 0.05) is 56.8 Å². The Morgan fingerprint density at radius 1 is 0.362 bits per heavy atom. The summed E-state index contributed by atoms with van der Waals surface area (Å²) in [5, 5.41) is 7.03. The fourth-order valence-electron chi connectivity index (χ4n) is 6.59. The summed E-state index contributed by atoms with van der Waals surface area (Å²) < 4.78 is 4.39. The van der Waals surface area contributed by atoms with E-state index in [-0.39, 0.29) is 13.5 Å². The van der Waals surface area contributed by atoms with Crippen LogP contribution in [0.5, 0.6) is 0 Å². The van der Waals surface area contributed by atoms with Crippen molar-refractivity contribution in [3.63, 3.8) is 0 Å². The van der Waals surface area contributed by atoms with Crippen molar-refractivity contribution >= 4 is 79.6 Å². The molecule has 0 aliphatic rings. The predicted octanol–water partition coefficient (Wildman–Crippen LogP) is 7.30. The fourth-order valence-corrected chi connectivity index (χ4v) is 6.59. The van der Waals surface area contributed by atoms with Crippen molar-refractivity contribution in [2.75, 3.05) is 22.9 Å². The molecule has 0 atom stereocenters. The highest BCUT2D eigenvalue weighted by molar-refractivity contribution is 7.37. The lowest BCUT2D eigenvalue weighted by Crippen LogP contribution is -2.32. The number of nitrogens with two attached hydrogens (primary N) is 4. The number of rotatable bonds is 2. The van der Waals surface area contributed by atoms with E-state index in [0.717, 1.165) is 67.1 Å². The average molecular weight is 633 g/mol. The van der Waals surface area contributed by atoms with Gasteiger partial charge < -0.3 is 36.4 Å². The van der Waals surface area contributed by atoms with Crippen LogP contribution in [0, 0.1) is 0 Å². The van der Waals surface area contributed by atoms with Crippen molar-refractivity contribution in [2.24, 2.45) is 14.1 Å². The smallest absolute Gasteiger partial charge is 0.220 e. The number of aromatic nitrogens is 2. The first-order valence-electron chi connectivity index (χ1n) is 15.2. The van der Waals surface area contributed by atoms with Gasteiger partial charge in [-0.25, -0.2) is 0 Å². The van der Waals surface area contributed by atoms with Gasteiger partial charge in [-0.3, -0.25) is 0 Å². The number of fused-ring (bicyclic) bond motifs is 6. The zero-order valence-corrected chi connectivity index (χ0v) is 27.1. The second-order valence-electron chi connectivity index (χ2n) is 11.7. The molecule has 0 aliphatic heterocycles. The van der Waals surface area contributed by atoms with E-state index in [0.29, 0.717) is 0 Å². The molecule has 0 aliphatic carbocycles. The van der Waals surface area contributed by atoms with Crippen LogP contribution in [0.1, 0.15) is 0 Å². The number of benzene rings is 6. The van der Waals surface area contributed by atoms with Crippen molar-refractivity contribution in [1.29, 1.82) is 0 Å². The molecule has 2 aromatic heterocycles. The zero-order valence-electron chi connectivity index (χ0n) is 26.3. The first kappa shape index (κ1) is 31.2. The molecule has 0 amide bonds. The topological polar surface area (TPSA) is 112 Å². The molecule has 7 heteroatoms. The second-order valence-corrected chi connectivity index (χ2v) is 11.7. The molecule has 8 N–H and O–H groups in total. The van der Waals surface area contributed by atoms with E-state index >= 15 is 0 Å². The standard InChI is InChI=1S/2C20H17N3.S/c2*1-23-19-12-15(22)8-10-17(19)16-9-7-14(21)11-18(16)20(23)13-5-3-2-4-6-13;/h2*2-12,22H,21H2,1H3;/q;;-2/p+2. The van der Waals surface area contributed by atoms with Crippen LogP contribution in [0.25, 0.3) is 65.9 Å². The highest BCUT2D eigenvalue weighted by atomic mass is 32.1. The van der Waals surface area contributed by atoms with Gasteiger partial charge in [-0.05, 0) is 72.8 Å². The van der Waals surface area contributed by atoms with Gasteiger partial charge in [0.25, 0.3) is 0 Å². The SMILES string of the molecule is C[n+]1c(-c2ccccc2)c2cc(N)ccc2c2ccc(N)cc21.C[n+]1c(-c2ccccc2)c2cc(N)ccc2c2ccc(N)cc21.[S-2]. The van der Waals surface area contributed by atoms with Gasteiger partial charge >= 0.3 is 0 Å². The number of nitrogens with zero attached hydrogens (tertiary/aromatic N) is 2. The molecule has 8 aromatic rings. The molecule has 2 heterocycles. The normalized spacial score (nSPS) is 10.9. The minimum Gasteiger partial charge on any atom is -2.00 e. The summed E-state index contributed by atoms with van der Waals surface area (Å²) in [5.74, 6) is 0. The van der Waals surface area contributed by atoms with Crippen LogP contribution in [-0.4, -0.2) is 0 Å². The number of pyridine rings is 2. The summed E-state index contributed by atoms with van der Waals surface area (Å²) in [6.07, 6.45) is 0. The highest BCUT2D eigenvalue weighted by Gasteiger charge is 2.22. The van der Waals surface area contributed by atoms with E-state index in [1.807, 2.05) is 60.7 Å². The quantitative estimate of drug-likeness (QED) is 0.0911. The van der Waals surface area contributed by atoms with Gasteiger partial charge in [0.05, 0.1) is 21.5 Å². The average Bonchev–Trinajstić information content (AvgIpc) is 3.06. The van der Waals surface area contributed by atoms with Crippen LogP contribution in [0.15, 0.2) is 133 Å². The van der Waals surface area contributed by atoms with E-state index in [9.17, 15) is 0 Å². The molecule has 0 spiro atoms. The molecule has 0 saturated carbocycles. The Morgan fingerprint density at radius 3 is 1.04 bits per heavy atom. The number of anilines is 4. The van der Waals surface area contributed by atoms with Crippen molar-refractivity contribution < 1.29 is 9.13 Å². The van der Waals surface area contributed by atoms with E-state index in [1.54, 1.807) is 0 Å². The van der Waals surface area contributed by atoms with Crippen molar-refractivity contribution in [1.82, 2.24) is 0 Å². The lowest BCUT2D eigenvalue weighted by Gasteiger charge is -2.10. The molecule has 0 saturated heterocycles. The monoisotopic (exact) mass is 632 g/mol. The van der Waals surface area contributed by atoms with Gasteiger partial charge in [-0.1, -0.05) is 48.5 Å². The summed E-state index contributed by atoms with van der Waals surface area (Å²) in [7, 11) is 4.15.